The molecule has 34 heavy (non-hydrogen) atoms. The first-order valence-corrected chi connectivity index (χ1v) is 12.6. The molecule has 3 atom stereocenters. The van der Waals surface area contributed by atoms with Gasteiger partial charge >= 0.3 is 0 Å². The van der Waals surface area contributed by atoms with Gasteiger partial charge in [0.05, 0.1) is 0 Å². The monoisotopic (exact) mass is 477 g/mol. The van der Waals surface area contributed by atoms with Gasteiger partial charge in [0.25, 0.3) is 5.91 Å². The molecule has 1 aromatic rings. The van der Waals surface area contributed by atoms with Gasteiger partial charge < -0.3 is 15.7 Å². The third-order valence-electron chi connectivity index (χ3n) is 8.16. The molecule has 0 aromatic heterocycles. The normalized spacial score (nSPS) is 27.9. The molecular formula is C26H37F2N3O3. The maximum Gasteiger partial charge on any atom is 0.251 e. The van der Waals surface area contributed by atoms with Crippen molar-refractivity contribution < 1.29 is 23.5 Å². The summed E-state index contributed by atoms with van der Waals surface area (Å²) in [4.78, 5) is 28.8. The number of piperidine rings is 1. The summed E-state index contributed by atoms with van der Waals surface area (Å²) in [7, 11) is 0. The number of aliphatic hydroxyl groups is 1. The summed E-state index contributed by atoms with van der Waals surface area (Å²) >= 11 is 0. The Morgan fingerprint density at radius 3 is 2.35 bits per heavy atom. The number of aliphatic hydroxyl groups excluding tert-OH is 1. The van der Waals surface area contributed by atoms with Crippen LogP contribution in [0.25, 0.3) is 0 Å². The fourth-order valence-corrected chi connectivity index (χ4v) is 6.36. The molecule has 1 aliphatic carbocycles. The van der Waals surface area contributed by atoms with Gasteiger partial charge in [0.2, 0.25) is 11.8 Å². The van der Waals surface area contributed by atoms with Crippen molar-refractivity contribution in [3.63, 3.8) is 0 Å². The minimum absolute atomic E-state index is 0.0510. The Morgan fingerprint density at radius 1 is 1.15 bits per heavy atom. The van der Waals surface area contributed by atoms with E-state index >= 15 is 0 Å². The molecule has 2 bridgehead atoms. The van der Waals surface area contributed by atoms with Crippen LogP contribution in [0, 0.1) is 5.92 Å². The molecule has 2 heterocycles. The number of carbonyl (C=O) groups excluding carboxylic acids is 2. The van der Waals surface area contributed by atoms with E-state index in [1.54, 1.807) is 11.0 Å². The molecule has 8 heteroatoms. The Hall–Kier alpha value is -2.06. The van der Waals surface area contributed by atoms with E-state index in [2.05, 4.69) is 4.90 Å². The number of fused-ring (bicyclic) bond motifs is 2. The van der Waals surface area contributed by atoms with Gasteiger partial charge in [-0.15, -0.1) is 0 Å². The van der Waals surface area contributed by atoms with E-state index in [4.69, 9.17) is 5.73 Å². The summed E-state index contributed by atoms with van der Waals surface area (Å²) in [6, 6.07) is 8.36. The standard InChI is InChI=1S/C26H37F2N3O3/c1-17(32)25(34)30(16-18-8-10-26(27,28)11-9-18)12-13-31-20-6-7-21(31)15-19(14-20)22-4-2-3-5-23(22)24(29)33/h2-5,17-21,32H,6-16H2,1H3,(H2,29,33)/t17-,19?,20?,21?/m0/s1. The molecule has 1 aromatic carbocycles. The Kier molecular flexibility index (Phi) is 7.57. The van der Waals surface area contributed by atoms with Gasteiger partial charge in [-0.05, 0) is 68.9 Å². The maximum atomic E-state index is 13.6. The number of hydrogen-bond acceptors (Lipinski definition) is 4. The van der Waals surface area contributed by atoms with Crippen molar-refractivity contribution in [2.45, 2.75) is 88.3 Å². The second-order valence-electron chi connectivity index (χ2n) is 10.5. The van der Waals surface area contributed by atoms with Crippen LogP contribution in [0.3, 0.4) is 0 Å². The number of benzene rings is 1. The zero-order chi connectivity index (χ0) is 24.5. The third kappa shape index (κ3) is 5.60. The molecule has 3 fully saturated rings. The van der Waals surface area contributed by atoms with Crippen LogP contribution in [0.1, 0.15) is 80.1 Å². The number of nitrogens with zero attached hydrogens (tertiary/aromatic N) is 2. The molecular weight excluding hydrogens is 440 g/mol. The van der Waals surface area contributed by atoms with Crippen LogP contribution in [0.15, 0.2) is 24.3 Å². The largest absolute Gasteiger partial charge is 0.384 e. The van der Waals surface area contributed by atoms with Gasteiger partial charge in [0.15, 0.2) is 0 Å². The molecule has 2 saturated heterocycles. The molecule has 3 N–H and O–H groups in total. The highest BCUT2D eigenvalue weighted by atomic mass is 19.3. The van der Waals surface area contributed by atoms with Gasteiger partial charge in [-0.25, -0.2) is 8.78 Å². The van der Waals surface area contributed by atoms with Crippen LogP contribution in [-0.2, 0) is 4.79 Å². The number of primary amides is 1. The number of nitrogens with two attached hydrogens (primary N) is 1. The Balaban J connectivity index is 1.38. The first-order valence-electron chi connectivity index (χ1n) is 12.6. The van der Waals surface area contributed by atoms with Crippen molar-refractivity contribution in [3.05, 3.63) is 35.4 Å². The highest BCUT2D eigenvalue weighted by Crippen LogP contribution is 2.43. The van der Waals surface area contributed by atoms with Gasteiger partial charge in [0.1, 0.15) is 6.10 Å². The molecule has 6 nitrogen and oxygen atoms in total. The van der Waals surface area contributed by atoms with E-state index in [1.807, 2.05) is 18.2 Å². The second kappa shape index (κ2) is 10.3. The van der Waals surface area contributed by atoms with Crippen LogP contribution in [0.4, 0.5) is 8.78 Å². The minimum atomic E-state index is -2.59. The molecule has 1 saturated carbocycles. The lowest BCUT2D eigenvalue weighted by atomic mass is 9.82. The van der Waals surface area contributed by atoms with Gasteiger partial charge in [-0.1, -0.05) is 18.2 Å². The van der Waals surface area contributed by atoms with Crippen molar-refractivity contribution in [3.8, 4) is 0 Å². The number of halogens is 2. The lowest BCUT2D eigenvalue weighted by Gasteiger charge is -2.41. The van der Waals surface area contributed by atoms with Gasteiger partial charge in [-0.2, -0.15) is 0 Å². The van der Waals surface area contributed by atoms with Crippen LogP contribution in [0.5, 0.6) is 0 Å². The average Bonchev–Trinajstić information content (AvgIpc) is 3.03. The molecule has 2 aliphatic heterocycles. The van der Waals surface area contributed by atoms with E-state index in [0.29, 0.717) is 50.1 Å². The molecule has 188 valence electrons. The quantitative estimate of drug-likeness (QED) is 0.600. The SMILES string of the molecule is C[C@H](O)C(=O)N(CCN1C2CCC1CC(c1ccccc1C(N)=O)C2)CC1CCC(F)(F)CC1. The first kappa shape index (κ1) is 25.0. The lowest BCUT2D eigenvalue weighted by molar-refractivity contribution is -0.141. The van der Waals surface area contributed by atoms with Crippen molar-refractivity contribution in [2.24, 2.45) is 11.7 Å². The second-order valence-corrected chi connectivity index (χ2v) is 10.5. The molecule has 4 rings (SSSR count). The third-order valence-corrected chi connectivity index (χ3v) is 8.16. The van der Waals surface area contributed by atoms with E-state index in [-0.39, 0.29) is 30.6 Å². The first-order chi connectivity index (χ1) is 16.1. The van der Waals surface area contributed by atoms with Gasteiger partial charge in [0, 0.05) is 50.1 Å². The maximum absolute atomic E-state index is 13.6. The molecule has 3 aliphatic rings. The molecule has 0 spiro atoms. The number of rotatable bonds is 8. The van der Waals surface area contributed by atoms with Crippen molar-refractivity contribution in [1.29, 1.82) is 0 Å². The number of alkyl halides is 2. The Morgan fingerprint density at radius 2 is 1.76 bits per heavy atom. The zero-order valence-electron chi connectivity index (χ0n) is 20.0. The predicted octanol–water partition coefficient (Wildman–Crippen LogP) is 3.53. The minimum Gasteiger partial charge on any atom is -0.384 e. The Labute approximate surface area is 200 Å². The highest BCUT2D eigenvalue weighted by molar-refractivity contribution is 5.94. The van der Waals surface area contributed by atoms with Crippen molar-refractivity contribution >= 4 is 11.8 Å². The fraction of sp³-hybridized carbons (Fsp3) is 0.692. The van der Waals surface area contributed by atoms with Crippen LogP contribution >= 0.6 is 0 Å². The smallest absolute Gasteiger partial charge is 0.251 e. The van der Waals surface area contributed by atoms with Crippen LogP contribution in [-0.4, -0.2) is 70.5 Å². The van der Waals surface area contributed by atoms with Crippen LogP contribution < -0.4 is 5.73 Å². The number of amides is 2. The number of hydrogen-bond donors (Lipinski definition) is 2. The summed E-state index contributed by atoms with van der Waals surface area (Å²) in [5.74, 6) is -2.97. The number of carbonyl (C=O) groups is 2. The molecule has 0 radical (unpaired) electrons. The highest BCUT2D eigenvalue weighted by Gasteiger charge is 2.42. The Bertz CT molecular complexity index is 870. The van der Waals surface area contributed by atoms with Crippen LogP contribution in [0.2, 0.25) is 0 Å². The summed E-state index contributed by atoms with van der Waals surface area (Å²) < 4.78 is 27.1. The van der Waals surface area contributed by atoms with Crippen molar-refractivity contribution in [2.75, 3.05) is 19.6 Å². The van der Waals surface area contributed by atoms with E-state index in [0.717, 1.165) is 31.2 Å². The predicted molar refractivity (Wildman–Crippen MR) is 126 cm³/mol. The summed E-state index contributed by atoms with van der Waals surface area (Å²) in [5.41, 5.74) is 7.25. The topological polar surface area (TPSA) is 86.9 Å². The fourth-order valence-electron chi connectivity index (χ4n) is 6.36. The van der Waals surface area contributed by atoms with Gasteiger partial charge in [-0.3, -0.25) is 14.5 Å². The summed E-state index contributed by atoms with van der Waals surface area (Å²) in [5, 5.41) is 9.93. The summed E-state index contributed by atoms with van der Waals surface area (Å²) in [6.45, 7) is 3.10. The molecule has 2 unspecified atom stereocenters. The lowest BCUT2D eigenvalue weighted by Crippen LogP contribution is -2.49. The summed E-state index contributed by atoms with van der Waals surface area (Å²) in [6.07, 6.45) is 3.53. The van der Waals surface area contributed by atoms with E-state index in [1.165, 1.54) is 6.92 Å². The van der Waals surface area contributed by atoms with Crippen molar-refractivity contribution in [1.82, 2.24) is 9.80 Å². The zero-order valence-corrected chi connectivity index (χ0v) is 20.0. The van der Waals surface area contributed by atoms with E-state index < -0.39 is 17.9 Å². The van der Waals surface area contributed by atoms with E-state index in [9.17, 15) is 23.5 Å². The average molecular weight is 478 g/mol. The molecule has 2 amide bonds.